The van der Waals surface area contributed by atoms with E-state index < -0.39 is 11.5 Å². The average Bonchev–Trinajstić information content (AvgIpc) is 2.61. The lowest BCUT2D eigenvalue weighted by Crippen LogP contribution is -2.62. The Morgan fingerprint density at radius 3 is 2.69 bits per heavy atom. The molecule has 2 rings (SSSR count). The Bertz CT molecular complexity index is 331. The van der Waals surface area contributed by atoms with E-state index in [9.17, 15) is 14.7 Å². The third kappa shape index (κ3) is 1.42. The summed E-state index contributed by atoms with van der Waals surface area (Å²) in [5.41, 5.74) is -0.973. The van der Waals surface area contributed by atoms with E-state index in [0.29, 0.717) is 6.42 Å². The second kappa shape index (κ2) is 3.73. The third-order valence-electron chi connectivity index (χ3n) is 4.20. The van der Waals surface area contributed by atoms with E-state index in [1.165, 1.54) is 11.8 Å². The fourth-order valence-corrected chi connectivity index (χ4v) is 3.11. The molecule has 0 radical (unpaired) electrons. The number of aliphatic carboxylic acids is 1. The molecular formula is C11H18N2O3. The van der Waals surface area contributed by atoms with Crippen LogP contribution in [-0.4, -0.2) is 59.0 Å². The smallest absolute Gasteiger partial charge is 0.330 e. The molecule has 0 aromatic rings. The molecule has 3 atom stereocenters. The van der Waals surface area contributed by atoms with Crippen LogP contribution in [0.4, 0.5) is 0 Å². The summed E-state index contributed by atoms with van der Waals surface area (Å²) in [5.74, 6) is -0.938. The number of rotatable bonds is 2. The number of piperidine rings is 1. The van der Waals surface area contributed by atoms with Crippen molar-refractivity contribution in [1.82, 2.24) is 9.80 Å². The van der Waals surface area contributed by atoms with Crippen molar-refractivity contribution in [2.75, 3.05) is 26.7 Å². The zero-order chi connectivity index (χ0) is 11.9. The molecule has 2 aliphatic rings. The first-order chi connectivity index (χ1) is 7.48. The summed E-state index contributed by atoms with van der Waals surface area (Å²) in [4.78, 5) is 26.8. The van der Waals surface area contributed by atoms with Crippen molar-refractivity contribution in [1.29, 1.82) is 0 Å². The molecule has 0 aromatic heterocycles. The minimum atomic E-state index is -0.973. The maximum absolute atomic E-state index is 11.6. The second-order valence-corrected chi connectivity index (χ2v) is 4.84. The van der Waals surface area contributed by atoms with E-state index in [-0.39, 0.29) is 11.8 Å². The van der Waals surface area contributed by atoms with Crippen molar-refractivity contribution in [3.05, 3.63) is 0 Å². The van der Waals surface area contributed by atoms with Crippen molar-refractivity contribution in [2.45, 2.75) is 25.3 Å². The van der Waals surface area contributed by atoms with Gasteiger partial charge in [-0.25, -0.2) is 4.79 Å². The molecule has 2 bridgehead atoms. The zero-order valence-corrected chi connectivity index (χ0v) is 9.77. The summed E-state index contributed by atoms with van der Waals surface area (Å²) >= 11 is 0. The topological polar surface area (TPSA) is 60.9 Å². The summed E-state index contributed by atoms with van der Waals surface area (Å²) in [6.45, 7) is 3.99. The van der Waals surface area contributed by atoms with E-state index in [1.54, 1.807) is 7.05 Å². The molecule has 2 saturated heterocycles. The highest BCUT2D eigenvalue weighted by Crippen LogP contribution is 2.39. The molecule has 0 spiro atoms. The Labute approximate surface area is 95.0 Å². The van der Waals surface area contributed by atoms with Gasteiger partial charge in [-0.2, -0.15) is 0 Å². The van der Waals surface area contributed by atoms with Crippen molar-refractivity contribution in [3.63, 3.8) is 0 Å². The molecule has 0 saturated carbocycles. The summed E-state index contributed by atoms with van der Waals surface area (Å²) in [5, 5.41) is 9.52. The summed E-state index contributed by atoms with van der Waals surface area (Å²) < 4.78 is 0. The van der Waals surface area contributed by atoms with Crippen LogP contribution in [0.3, 0.4) is 0 Å². The maximum atomic E-state index is 11.6. The van der Waals surface area contributed by atoms with Gasteiger partial charge in [-0.15, -0.1) is 0 Å². The van der Waals surface area contributed by atoms with Gasteiger partial charge < -0.3 is 14.9 Å². The molecule has 3 unspecified atom stereocenters. The van der Waals surface area contributed by atoms with Gasteiger partial charge in [0.25, 0.3) is 0 Å². The molecule has 16 heavy (non-hydrogen) atoms. The van der Waals surface area contributed by atoms with E-state index in [2.05, 4.69) is 4.90 Å². The van der Waals surface area contributed by atoms with Gasteiger partial charge in [0.2, 0.25) is 5.91 Å². The molecule has 2 aliphatic heterocycles. The van der Waals surface area contributed by atoms with Gasteiger partial charge in [-0.1, -0.05) is 0 Å². The van der Waals surface area contributed by atoms with Crippen molar-refractivity contribution < 1.29 is 14.7 Å². The van der Waals surface area contributed by atoms with Gasteiger partial charge in [0.05, 0.1) is 0 Å². The van der Waals surface area contributed by atoms with Gasteiger partial charge >= 0.3 is 5.97 Å². The Kier molecular flexibility index (Phi) is 2.66. The quantitative estimate of drug-likeness (QED) is 0.720. The van der Waals surface area contributed by atoms with E-state index >= 15 is 0 Å². The lowest BCUT2D eigenvalue weighted by molar-refractivity contribution is -0.163. The molecule has 2 fully saturated rings. The number of carboxylic acids is 1. The fraction of sp³-hybridized carbons (Fsp3) is 0.818. The van der Waals surface area contributed by atoms with Gasteiger partial charge in [0.1, 0.15) is 5.54 Å². The second-order valence-electron chi connectivity index (χ2n) is 4.84. The predicted octanol–water partition coefficient (Wildman–Crippen LogP) is 0.0137. The Balaban J connectivity index is 2.35. The average molecular weight is 226 g/mol. The summed E-state index contributed by atoms with van der Waals surface area (Å²) in [6.07, 6.45) is 1.42. The molecule has 5 nitrogen and oxygen atoms in total. The number of hydrogen-bond acceptors (Lipinski definition) is 3. The number of nitrogens with zero attached hydrogens (tertiary/aromatic N) is 2. The van der Waals surface area contributed by atoms with Gasteiger partial charge in [-0.05, 0) is 19.4 Å². The van der Waals surface area contributed by atoms with Crippen molar-refractivity contribution in [2.24, 2.45) is 5.92 Å². The predicted molar refractivity (Wildman–Crippen MR) is 58.0 cm³/mol. The molecule has 1 N–H and O–H groups in total. The van der Waals surface area contributed by atoms with E-state index in [4.69, 9.17) is 0 Å². The SMILES string of the molecule is CC(=O)N(C)C1(C(=O)O)CCN2CCC1C2. The first-order valence-corrected chi connectivity index (χ1v) is 5.68. The van der Waals surface area contributed by atoms with Crippen LogP contribution in [-0.2, 0) is 9.59 Å². The Morgan fingerprint density at radius 2 is 2.12 bits per heavy atom. The first kappa shape index (κ1) is 11.4. The lowest BCUT2D eigenvalue weighted by atomic mass is 9.77. The highest BCUT2D eigenvalue weighted by molar-refractivity contribution is 5.86. The standard InChI is InChI=1S/C11H18N2O3/c1-8(14)12(2)11(10(15)16)4-6-13-5-3-9(11)7-13/h9H,3-7H2,1-2H3,(H,15,16). The number of likely N-dealkylation sites (N-methyl/N-ethyl adjacent to an activating group) is 1. The van der Waals surface area contributed by atoms with Crippen molar-refractivity contribution in [3.8, 4) is 0 Å². The Morgan fingerprint density at radius 1 is 1.44 bits per heavy atom. The first-order valence-electron chi connectivity index (χ1n) is 5.68. The van der Waals surface area contributed by atoms with Crippen LogP contribution in [0.25, 0.3) is 0 Å². The van der Waals surface area contributed by atoms with Gasteiger partial charge in [0.15, 0.2) is 0 Å². The number of hydrogen-bond donors (Lipinski definition) is 1. The van der Waals surface area contributed by atoms with Gasteiger partial charge in [-0.3, -0.25) is 4.79 Å². The molecule has 5 heteroatoms. The summed E-state index contributed by atoms with van der Waals surface area (Å²) in [7, 11) is 1.62. The van der Waals surface area contributed by atoms with E-state index in [0.717, 1.165) is 26.1 Å². The van der Waals surface area contributed by atoms with Crippen LogP contribution in [0.2, 0.25) is 0 Å². The highest BCUT2D eigenvalue weighted by atomic mass is 16.4. The summed E-state index contributed by atoms with van der Waals surface area (Å²) in [6, 6.07) is 0. The zero-order valence-electron chi connectivity index (χ0n) is 9.77. The maximum Gasteiger partial charge on any atom is 0.330 e. The van der Waals surface area contributed by atoms with Crippen molar-refractivity contribution >= 4 is 11.9 Å². The largest absolute Gasteiger partial charge is 0.479 e. The van der Waals surface area contributed by atoms with Crippen LogP contribution >= 0.6 is 0 Å². The van der Waals surface area contributed by atoms with Crippen LogP contribution < -0.4 is 0 Å². The molecule has 90 valence electrons. The normalized spacial score (nSPS) is 37.1. The molecule has 2 heterocycles. The number of carbonyl (C=O) groups excluding carboxylic acids is 1. The molecule has 1 amide bonds. The molecule has 0 aliphatic carbocycles. The van der Waals surface area contributed by atoms with E-state index in [1.807, 2.05) is 0 Å². The molecule has 0 aromatic carbocycles. The van der Waals surface area contributed by atoms with Crippen LogP contribution in [0.5, 0.6) is 0 Å². The van der Waals surface area contributed by atoms with Crippen LogP contribution in [0.1, 0.15) is 19.8 Å². The number of fused-ring (bicyclic) bond motifs is 2. The lowest BCUT2D eigenvalue weighted by Gasteiger charge is -2.45. The Hall–Kier alpha value is -1.10. The highest BCUT2D eigenvalue weighted by Gasteiger charge is 2.54. The molecular weight excluding hydrogens is 208 g/mol. The monoisotopic (exact) mass is 226 g/mol. The van der Waals surface area contributed by atoms with Crippen LogP contribution in [0, 0.1) is 5.92 Å². The third-order valence-corrected chi connectivity index (χ3v) is 4.20. The number of carbonyl (C=O) groups is 2. The van der Waals surface area contributed by atoms with Crippen LogP contribution in [0.15, 0.2) is 0 Å². The van der Waals surface area contributed by atoms with Gasteiger partial charge in [0, 0.05) is 33.0 Å². The number of carboxylic acid groups (broad SMARTS) is 1. The number of amides is 1. The fourth-order valence-electron chi connectivity index (χ4n) is 3.11. The minimum absolute atomic E-state index is 0.0765. The minimum Gasteiger partial charge on any atom is -0.479 e.